The van der Waals surface area contributed by atoms with Crippen LogP contribution in [0.4, 0.5) is 21.5 Å². The molecule has 0 aliphatic rings. The van der Waals surface area contributed by atoms with Gasteiger partial charge in [-0.25, -0.2) is 12.8 Å². The molecule has 0 saturated carbocycles. The average molecular weight is 450 g/mol. The number of carbonyl (C=O) groups excluding carboxylic acids is 1. The van der Waals surface area contributed by atoms with E-state index >= 15 is 0 Å². The molecule has 1 amide bonds. The van der Waals surface area contributed by atoms with Crippen molar-refractivity contribution in [3.8, 4) is 0 Å². The number of sulfonamides is 1. The number of nitro groups is 1. The second-order valence-electron chi connectivity index (χ2n) is 5.99. The standard InChI is InChI=1S/C19H13ClFN3O5S/c20-15-9-8-13(24(26)27)11-18(15)22-19(25)12-4-3-5-14(10-12)30(28,29)23-17-7-2-1-6-16(17)21/h1-11,23H,(H,22,25). The molecule has 0 spiro atoms. The summed E-state index contributed by atoms with van der Waals surface area (Å²) in [6.45, 7) is 0. The van der Waals surface area contributed by atoms with Crippen LogP contribution in [0.2, 0.25) is 5.02 Å². The van der Waals surface area contributed by atoms with Crippen molar-refractivity contribution in [3.63, 3.8) is 0 Å². The molecule has 3 aromatic carbocycles. The molecule has 0 fully saturated rings. The molecule has 2 N–H and O–H groups in total. The monoisotopic (exact) mass is 449 g/mol. The summed E-state index contributed by atoms with van der Waals surface area (Å²) in [6, 6.07) is 13.8. The number of rotatable bonds is 6. The highest BCUT2D eigenvalue weighted by Gasteiger charge is 2.19. The maximum Gasteiger partial charge on any atom is 0.271 e. The van der Waals surface area contributed by atoms with E-state index in [9.17, 15) is 27.7 Å². The van der Waals surface area contributed by atoms with E-state index < -0.39 is 26.7 Å². The number of para-hydroxylation sites is 1. The highest BCUT2D eigenvalue weighted by atomic mass is 35.5. The first-order chi connectivity index (χ1) is 14.2. The number of anilines is 2. The van der Waals surface area contributed by atoms with Crippen LogP contribution in [0.15, 0.2) is 71.6 Å². The Balaban J connectivity index is 1.86. The van der Waals surface area contributed by atoms with E-state index in [1.54, 1.807) is 0 Å². The maximum absolute atomic E-state index is 13.8. The molecular weight excluding hydrogens is 437 g/mol. The van der Waals surface area contributed by atoms with Crippen LogP contribution in [0.5, 0.6) is 0 Å². The Kier molecular flexibility index (Phi) is 5.99. The van der Waals surface area contributed by atoms with Gasteiger partial charge in [0.05, 0.1) is 26.2 Å². The summed E-state index contributed by atoms with van der Waals surface area (Å²) in [5, 5.41) is 13.4. The van der Waals surface area contributed by atoms with E-state index in [0.717, 1.165) is 18.2 Å². The Bertz CT molecular complexity index is 1250. The number of nitrogens with one attached hydrogen (secondary N) is 2. The molecule has 3 rings (SSSR count). The van der Waals surface area contributed by atoms with E-state index in [2.05, 4.69) is 10.0 Å². The molecule has 3 aromatic rings. The summed E-state index contributed by atoms with van der Waals surface area (Å²) in [4.78, 5) is 22.5. The third kappa shape index (κ3) is 4.73. The molecule has 0 aliphatic heterocycles. The van der Waals surface area contributed by atoms with E-state index in [1.165, 1.54) is 48.5 Å². The number of nitrogens with zero attached hydrogens (tertiary/aromatic N) is 1. The molecule has 30 heavy (non-hydrogen) atoms. The second kappa shape index (κ2) is 8.47. The molecule has 0 saturated heterocycles. The number of nitro benzene ring substituents is 1. The highest BCUT2D eigenvalue weighted by Crippen LogP contribution is 2.27. The minimum atomic E-state index is -4.18. The first-order valence-corrected chi connectivity index (χ1v) is 10.2. The number of hydrogen-bond acceptors (Lipinski definition) is 5. The smallest absolute Gasteiger partial charge is 0.271 e. The van der Waals surface area contributed by atoms with Crippen molar-refractivity contribution in [2.24, 2.45) is 0 Å². The quantitative estimate of drug-likeness (QED) is 0.426. The molecule has 8 nitrogen and oxygen atoms in total. The second-order valence-corrected chi connectivity index (χ2v) is 8.08. The predicted molar refractivity (Wildman–Crippen MR) is 110 cm³/mol. The zero-order valence-electron chi connectivity index (χ0n) is 15.0. The number of benzene rings is 3. The van der Waals surface area contributed by atoms with E-state index in [-0.39, 0.29) is 32.5 Å². The van der Waals surface area contributed by atoms with E-state index in [0.29, 0.717) is 0 Å². The fraction of sp³-hybridized carbons (Fsp3) is 0. The largest absolute Gasteiger partial charge is 0.320 e. The lowest BCUT2D eigenvalue weighted by molar-refractivity contribution is -0.384. The zero-order chi connectivity index (χ0) is 21.9. The molecule has 0 radical (unpaired) electrons. The van der Waals surface area contributed by atoms with Gasteiger partial charge in [0.15, 0.2) is 0 Å². The van der Waals surface area contributed by atoms with Crippen LogP contribution in [0, 0.1) is 15.9 Å². The van der Waals surface area contributed by atoms with Gasteiger partial charge in [0, 0.05) is 17.7 Å². The van der Waals surface area contributed by atoms with E-state index in [4.69, 9.17) is 11.6 Å². The zero-order valence-corrected chi connectivity index (χ0v) is 16.6. The van der Waals surface area contributed by atoms with Gasteiger partial charge < -0.3 is 5.32 Å². The summed E-state index contributed by atoms with van der Waals surface area (Å²) < 4.78 is 41.0. The molecule has 0 heterocycles. The third-order valence-corrected chi connectivity index (χ3v) is 5.63. The van der Waals surface area contributed by atoms with Crippen LogP contribution < -0.4 is 10.0 Å². The number of non-ortho nitro benzene ring substituents is 1. The van der Waals surface area contributed by atoms with Gasteiger partial charge in [-0.05, 0) is 36.4 Å². The third-order valence-electron chi connectivity index (χ3n) is 3.93. The van der Waals surface area contributed by atoms with Crippen LogP contribution in [-0.4, -0.2) is 19.2 Å². The fourth-order valence-electron chi connectivity index (χ4n) is 2.47. The van der Waals surface area contributed by atoms with Crippen molar-refractivity contribution in [2.45, 2.75) is 4.90 Å². The first-order valence-electron chi connectivity index (χ1n) is 8.30. The van der Waals surface area contributed by atoms with Gasteiger partial charge in [-0.2, -0.15) is 0 Å². The number of amides is 1. The van der Waals surface area contributed by atoms with Gasteiger partial charge in [-0.15, -0.1) is 0 Å². The van der Waals surface area contributed by atoms with Gasteiger partial charge >= 0.3 is 0 Å². The minimum absolute atomic E-state index is 0.00592. The van der Waals surface area contributed by atoms with Crippen molar-refractivity contribution < 1.29 is 22.5 Å². The van der Waals surface area contributed by atoms with Crippen molar-refractivity contribution in [1.82, 2.24) is 0 Å². The SMILES string of the molecule is O=C(Nc1cc([N+](=O)[O-])ccc1Cl)c1cccc(S(=O)(=O)Nc2ccccc2F)c1. The molecule has 0 bridgehead atoms. The molecule has 0 aromatic heterocycles. The van der Waals surface area contributed by atoms with Crippen molar-refractivity contribution in [3.05, 3.63) is 93.2 Å². The molecular formula is C19H13ClFN3O5S. The van der Waals surface area contributed by atoms with Gasteiger partial charge in [0.25, 0.3) is 21.6 Å². The molecule has 154 valence electrons. The lowest BCUT2D eigenvalue weighted by Gasteiger charge is -2.11. The Morgan fingerprint density at radius 1 is 1.00 bits per heavy atom. The highest BCUT2D eigenvalue weighted by molar-refractivity contribution is 7.92. The number of halogens is 2. The Morgan fingerprint density at radius 3 is 2.43 bits per heavy atom. The van der Waals surface area contributed by atoms with Gasteiger partial charge in [-0.3, -0.25) is 19.6 Å². The van der Waals surface area contributed by atoms with Crippen LogP contribution in [0.1, 0.15) is 10.4 Å². The van der Waals surface area contributed by atoms with Gasteiger partial charge in [0.2, 0.25) is 0 Å². The summed E-state index contributed by atoms with van der Waals surface area (Å²) in [7, 11) is -4.18. The molecule has 11 heteroatoms. The van der Waals surface area contributed by atoms with E-state index in [1.807, 2.05) is 0 Å². The average Bonchev–Trinajstić information content (AvgIpc) is 2.71. The van der Waals surface area contributed by atoms with Crippen LogP contribution in [-0.2, 0) is 10.0 Å². The lowest BCUT2D eigenvalue weighted by atomic mass is 10.2. The van der Waals surface area contributed by atoms with Crippen LogP contribution >= 0.6 is 11.6 Å². The van der Waals surface area contributed by atoms with Crippen molar-refractivity contribution >= 4 is 44.6 Å². The molecule has 0 atom stereocenters. The van der Waals surface area contributed by atoms with Gasteiger partial charge in [-0.1, -0.05) is 29.8 Å². The lowest BCUT2D eigenvalue weighted by Crippen LogP contribution is -2.16. The summed E-state index contributed by atoms with van der Waals surface area (Å²) in [5.41, 5.74) is -0.571. The number of hydrogen-bond donors (Lipinski definition) is 2. The normalized spacial score (nSPS) is 11.0. The Hall–Kier alpha value is -3.50. The fourth-order valence-corrected chi connectivity index (χ4v) is 3.75. The topological polar surface area (TPSA) is 118 Å². The number of carbonyl (C=O) groups is 1. The van der Waals surface area contributed by atoms with Crippen molar-refractivity contribution in [2.75, 3.05) is 10.0 Å². The van der Waals surface area contributed by atoms with Crippen LogP contribution in [0.3, 0.4) is 0 Å². The van der Waals surface area contributed by atoms with Crippen molar-refractivity contribution in [1.29, 1.82) is 0 Å². The predicted octanol–water partition coefficient (Wildman–Crippen LogP) is 4.44. The Labute approximate surface area is 175 Å². The van der Waals surface area contributed by atoms with Crippen LogP contribution in [0.25, 0.3) is 0 Å². The summed E-state index contributed by atoms with van der Waals surface area (Å²) in [6.07, 6.45) is 0. The molecule has 0 aliphatic carbocycles. The minimum Gasteiger partial charge on any atom is -0.320 e. The molecule has 0 unspecified atom stereocenters. The first kappa shape index (κ1) is 21.2. The summed E-state index contributed by atoms with van der Waals surface area (Å²) >= 11 is 5.96. The Morgan fingerprint density at radius 2 is 1.73 bits per heavy atom. The maximum atomic E-state index is 13.8. The van der Waals surface area contributed by atoms with Gasteiger partial charge in [0.1, 0.15) is 5.82 Å². The summed E-state index contributed by atoms with van der Waals surface area (Å²) in [5.74, 6) is -1.49.